The molecule has 16 heavy (non-hydrogen) atoms. The van der Waals surface area contributed by atoms with E-state index >= 15 is 0 Å². The number of nitrogens with zero attached hydrogens (tertiary/aromatic N) is 2. The number of rotatable bonds is 5. The Labute approximate surface area is 98.6 Å². The van der Waals surface area contributed by atoms with Gasteiger partial charge in [0.1, 0.15) is 0 Å². The highest BCUT2D eigenvalue weighted by Crippen LogP contribution is 2.11. The zero-order chi connectivity index (χ0) is 12.2. The molecule has 1 unspecified atom stereocenters. The molecule has 2 N–H and O–H groups in total. The SMILES string of the molecule is CCC(CN)N1CCN(S(=O)(=O)CC)CC1. The zero-order valence-corrected chi connectivity index (χ0v) is 11.0. The lowest BCUT2D eigenvalue weighted by Crippen LogP contribution is -2.53. The van der Waals surface area contributed by atoms with Crippen LogP contribution in [-0.2, 0) is 10.0 Å². The molecule has 6 heteroatoms. The van der Waals surface area contributed by atoms with Crippen LogP contribution in [0.3, 0.4) is 0 Å². The Morgan fingerprint density at radius 3 is 2.12 bits per heavy atom. The van der Waals surface area contributed by atoms with Gasteiger partial charge in [0.25, 0.3) is 0 Å². The molecule has 1 fully saturated rings. The molecule has 1 aliphatic heterocycles. The van der Waals surface area contributed by atoms with E-state index in [-0.39, 0.29) is 5.75 Å². The molecule has 0 radical (unpaired) electrons. The summed E-state index contributed by atoms with van der Waals surface area (Å²) in [4.78, 5) is 2.29. The highest BCUT2D eigenvalue weighted by atomic mass is 32.2. The Hall–Kier alpha value is -0.170. The van der Waals surface area contributed by atoms with E-state index < -0.39 is 10.0 Å². The molecule has 1 saturated heterocycles. The first kappa shape index (κ1) is 13.9. The van der Waals surface area contributed by atoms with Gasteiger partial charge < -0.3 is 5.73 Å². The molecule has 0 aromatic heterocycles. The van der Waals surface area contributed by atoms with Crippen molar-refractivity contribution in [1.82, 2.24) is 9.21 Å². The number of hydrogen-bond acceptors (Lipinski definition) is 4. The van der Waals surface area contributed by atoms with Gasteiger partial charge in [0, 0.05) is 38.8 Å². The second kappa shape index (κ2) is 5.95. The van der Waals surface area contributed by atoms with Gasteiger partial charge in [-0.3, -0.25) is 4.90 Å². The highest BCUT2D eigenvalue weighted by Gasteiger charge is 2.27. The normalized spacial score (nSPS) is 22.2. The molecular weight excluding hydrogens is 226 g/mol. The van der Waals surface area contributed by atoms with Crippen LogP contribution >= 0.6 is 0 Å². The molecule has 0 spiro atoms. The van der Waals surface area contributed by atoms with Crippen molar-refractivity contribution in [2.24, 2.45) is 5.73 Å². The first-order valence-electron chi connectivity index (χ1n) is 5.97. The minimum absolute atomic E-state index is 0.196. The third kappa shape index (κ3) is 3.16. The van der Waals surface area contributed by atoms with Crippen LogP contribution in [-0.4, -0.2) is 62.1 Å². The van der Waals surface area contributed by atoms with Crippen LogP contribution in [0.25, 0.3) is 0 Å². The summed E-state index contributed by atoms with van der Waals surface area (Å²) >= 11 is 0. The number of nitrogens with two attached hydrogens (primary N) is 1. The molecular formula is C10H23N3O2S. The second-order valence-corrected chi connectivity index (χ2v) is 6.39. The predicted molar refractivity (Wildman–Crippen MR) is 65.7 cm³/mol. The molecule has 96 valence electrons. The largest absolute Gasteiger partial charge is 0.329 e. The standard InChI is InChI=1S/C10H23N3O2S/c1-3-10(9-11)12-5-7-13(8-6-12)16(14,15)4-2/h10H,3-9,11H2,1-2H3. The van der Waals surface area contributed by atoms with Gasteiger partial charge in [0.2, 0.25) is 10.0 Å². The van der Waals surface area contributed by atoms with Gasteiger partial charge in [-0.25, -0.2) is 8.42 Å². The van der Waals surface area contributed by atoms with Crippen molar-refractivity contribution in [3.05, 3.63) is 0 Å². The van der Waals surface area contributed by atoms with E-state index in [0.717, 1.165) is 19.5 Å². The van der Waals surface area contributed by atoms with Crippen molar-refractivity contribution in [2.45, 2.75) is 26.3 Å². The second-order valence-electron chi connectivity index (χ2n) is 4.13. The van der Waals surface area contributed by atoms with Crippen LogP contribution in [0.15, 0.2) is 0 Å². The molecule has 0 aromatic rings. The van der Waals surface area contributed by atoms with Crippen molar-refractivity contribution in [3.63, 3.8) is 0 Å². The van der Waals surface area contributed by atoms with E-state index in [1.165, 1.54) is 0 Å². The van der Waals surface area contributed by atoms with Gasteiger partial charge in [-0.2, -0.15) is 4.31 Å². The average molecular weight is 249 g/mol. The molecule has 1 rings (SSSR count). The highest BCUT2D eigenvalue weighted by molar-refractivity contribution is 7.89. The van der Waals surface area contributed by atoms with Gasteiger partial charge in [-0.05, 0) is 13.3 Å². The molecule has 1 atom stereocenters. The summed E-state index contributed by atoms with van der Waals surface area (Å²) in [5, 5.41) is 0. The maximum Gasteiger partial charge on any atom is 0.213 e. The van der Waals surface area contributed by atoms with Gasteiger partial charge in [0.05, 0.1) is 5.75 Å². The van der Waals surface area contributed by atoms with E-state index in [9.17, 15) is 8.42 Å². The zero-order valence-electron chi connectivity index (χ0n) is 10.2. The summed E-state index contributed by atoms with van der Waals surface area (Å²) in [6.07, 6.45) is 1.02. The van der Waals surface area contributed by atoms with Crippen LogP contribution in [0.1, 0.15) is 20.3 Å². The van der Waals surface area contributed by atoms with E-state index in [0.29, 0.717) is 25.7 Å². The fraction of sp³-hybridized carbons (Fsp3) is 1.00. The quantitative estimate of drug-likeness (QED) is 0.726. The number of piperazine rings is 1. The van der Waals surface area contributed by atoms with Crippen LogP contribution in [0, 0.1) is 0 Å². The van der Waals surface area contributed by atoms with Crippen LogP contribution in [0.5, 0.6) is 0 Å². The van der Waals surface area contributed by atoms with Gasteiger partial charge in [-0.1, -0.05) is 6.92 Å². The summed E-state index contributed by atoms with van der Waals surface area (Å²) in [5.41, 5.74) is 5.69. The van der Waals surface area contributed by atoms with E-state index in [4.69, 9.17) is 5.73 Å². The summed E-state index contributed by atoms with van der Waals surface area (Å²) in [5.74, 6) is 0.196. The Morgan fingerprint density at radius 1 is 1.19 bits per heavy atom. The molecule has 0 amide bonds. The van der Waals surface area contributed by atoms with Crippen LogP contribution in [0.4, 0.5) is 0 Å². The molecule has 0 saturated carbocycles. The first-order chi connectivity index (χ1) is 7.55. The molecule has 0 aliphatic carbocycles. The smallest absolute Gasteiger partial charge is 0.213 e. The van der Waals surface area contributed by atoms with E-state index in [1.54, 1.807) is 11.2 Å². The molecule has 0 aromatic carbocycles. The van der Waals surface area contributed by atoms with Crippen molar-refractivity contribution in [1.29, 1.82) is 0 Å². The molecule has 0 bridgehead atoms. The lowest BCUT2D eigenvalue weighted by molar-refractivity contribution is 0.137. The van der Waals surface area contributed by atoms with Crippen molar-refractivity contribution < 1.29 is 8.42 Å². The van der Waals surface area contributed by atoms with Gasteiger partial charge in [-0.15, -0.1) is 0 Å². The third-order valence-electron chi connectivity index (χ3n) is 3.29. The Balaban J connectivity index is 2.51. The van der Waals surface area contributed by atoms with Crippen LogP contribution in [0.2, 0.25) is 0 Å². The summed E-state index contributed by atoms with van der Waals surface area (Å²) < 4.78 is 24.9. The fourth-order valence-corrected chi connectivity index (χ4v) is 3.19. The lowest BCUT2D eigenvalue weighted by Gasteiger charge is -2.37. The fourth-order valence-electron chi connectivity index (χ4n) is 2.10. The van der Waals surface area contributed by atoms with Crippen molar-refractivity contribution >= 4 is 10.0 Å². The van der Waals surface area contributed by atoms with E-state index in [1.807, 2.05) is 0 Å². The predicted octanol–water partition coefficient (Wildman–Crippen LogP) is -0.309. The van der Waals surface area contributed by atoms with Crippen LogP contribution < -0.4 is 5.73 Å². The van der Waals surface area contributed by atoms with E-state index in [2.05, 4.69) is 11.8 Å². The minimum Gasteiger partial charge on any atom is -0.329 e. The summed E-state index contributed by atoms with van der Waals surface area (Å²) in [6, 6.07) is 0.395. The maximum absolute atomic E-state index is 11.7. The molecule has 1 aliphatic rings. The Morgan fingerprint density at radius 2 is 1.75 bits per heavy atom. The topological polar surface area (TPSA) is 66.6 Å². The Bertz CT molecular complexity index is 293. The summed E-state index contributed by atoms with van der Waals surface area (Å²) in [6.45, 7) is 7.27. The lowest BCUT2D eigenvalue weighted by atomic mass is 10.1. The minimum atomic E-state index is -3.01. The number of sulfonamides is 1. The third-order valence-corrected chi connectivity index (χ3v) is 5.17. The first-order valence-corrected chi connectivity index (χ1v) is 7.58. The van der Waals surface area contributed by atoms with Gasteiger partial charge >= 0.3 is 0 Å². The average Bonchev–Trinajstić information content (AvgIpc) is 2.31. The summed E-state index contributed by atoms with van der Waals surface area (Å²) in [7, 11) is -3.01. The molecule has 1 heterocycles. The Kier molecular flexibility index (Phi) is 5.17. The number of hydrogen-bond donors (Lipinski definition) is 1. The van der Waals surface area contributed by atoms with Crippen molar-refractivity contribution in [3.8, 4) is 0 Å². The van der Waals surface area contributed by atoms with Gasteiger partial charge in [0.15, 0.2) is 0 Å². The maximum atomic E-state index is 11.7. The van der Waals surface area contributed by atoms with Crippen molar-refractivity contribution in [2.75, 3.05) is 38.5 Å². The molecule has 5 nitrogen and oxygen atoms in total. The monoisotopic (exact) mass is 249 g/mol.